The van der Waals surface area contributed by atoms with Gasteiger partial charge in [-0.25, -0.2) is 0 Å². The molecular weight excluding hydrogens is 132 g/mol. The normalized spacial score (nSPS) is 11.7. The zero-order valence-corrected chi connectivity index (χ0v) is 5.68. The summed E-state index contributed by atoms with van der Waals surface area (Å²) < 4.78 is 0. The van der Waals surface area contributed by atoms with Gasteiger partial charge in [0.25, 0.3) is 0 Å². The number of thiocarbonyl (C=S) groups is 1. The maximum absolute atomic E-state index is 5.17. The molecule has 0 spiro atoms. The smallest absolute Gasteiger partial charge is 0.0894 e. The van der Waals surface area contributed by atoms with Gasteiger partial charge in [-0.15, -0.1) is 12.4 Å². The molecule has 0 fully saturated rings. The maximum atomic E-state index is 5.17. The number of nitrogens with two attached hydrogens (primary N) is 2. The molecule has 0 aromatic carbocycles. The van der Waals surface area contributed by atoms with Crippen molar-refractivity contribution in [3.63, 3.8) is 0 Å². The second-order valence-corrected chi connectivity index (χ2v) is 1.66. The van der Waals surface area contributed by atoms with Gasteiger partial charge in [-0.3, -0.25) is 0 Å². The zero-order valence-electron chi connectivity index (χ0n) is 4.05. The van der Waals surface area contributed by atoms with Gasteiger partial charge in [-0.05, 0) is 6.92 Å². The number of hydrogen-bond acceptors (Lipinski definition) is 2. The first-order valence-electron chi connectivity index (χ1n) is 1.69. The van der Waals surface area contributed by atoms with Crippen molar-refractivity contribution in [1.29, 1.82) is 0 Å². The Morgan fingerprint density at radius 3 is 1.86 bits per heavy atom. The van der Waals surface area contributed by atoms with Gasteiger partial charge in [0.15, 0.2) is 0 Å². The SMILES string of the molecule is C[C@H](N)C(N)=S.Cl. The minimum Gasteiger partial charge on any atom is -0.392 e. The lowest BCUT2D eigenvalue weighted by atomic mass is 10.4. The molecule has 0 aliphatic rings. The van der Waals surface area contributed by atoms with E-state index in [1.165, 1.54) is 0 Å². The fourth-order valence-corrected chi connectivity index (χ4v) is 0. The molecule has 0 radical (unpaired) electrons. The Hall–Kier alpha value is 0.140. The summed E-state index contributed by atoms with van der Waals surface area (Å²) in [6.07, 6.45) is 0. The standard InChI is InChI=1S/C3H8N2S.ClH/c1-2(4)3(5)6;/h2H,4H2,1H3,(H2,5,6);1H/t2-;/m0./s1. The van der Waals surface area contributed by atoms with Crippen molar-refractivity contribution in [2.24, 2.45) is 11.5 Å². The van der Waals surface area contributed by atoms with E-state index >= 15 is 0 Å². The lowest BCUT2D eigenvalue weighted by Gasteiger charge is -1.96. The monoisotopic (exact) mass is 140 g/mol. The van der Waals surface area contributed by atoms with Gasteiger partial charge in [0.05, 0.1) is 11.0 Å². The third-order valence-electron chi connectivity index (χ3n) is 0.449. The van der Waals surface area contributed by atoms with E-state index in [-0.39, 0.29) is 18.4 Å². The molecule has 44 valence electrons. The Bertz CT molecular complexity index is 64.0. The van der Waals surface area contributed by atoms with Crippen LogP contribution < -0.4 is 11.5 Å². The highest BCUT2D eigenvalue weighted by atomic mass is 35.5. The number of rotatable bonds is 1. The van der Waals surface area contributed by atoms with E-state index in [0.29, 0.717) is 4.99 Å². The van der Waals surface area contributed by atoms with Gasteiger partial charge >= 0.3 is 0 Å². The average Bonchev–Trinajstić information content (AvgIpc) is 1.36. The van der Waals surface area contributed by atoms with Crippen molar-refractivity contribution in [2.45, 2.75) is 13.0 Å². The summed E-state index contributed by atoms with van der Waals surface area (Å²) in [5.41, 5.74) is 10.2. The minimum absolute atomic E-state index is 0. The predicted octanol–water partition coefficient (Wildman–Crippen LogP) is 0.0415. The molecule has 4 heteroatoms. The van der Waals surface area contributed by atoms with Crippen LogP contribution >= 0.6 is 24.6 Å². The van der Waals surface area contributed by atoms with Crippen molar-refractivity contribution >= 4 is 29.6 Å². The molecular formula is C3H9ClN2S. The lowest BCUT2D eigenvalue weighted by molar-refractivity contribution is 0.980. The molecule has 0 aliphatic heterocycles. The largest absolute Gasteiger partial charge is 0.392 e. The molecule has 0 rings (SSSR count). The summed E-state index contributed by atoms with van der Waals surface area (Å²) in [5, 5.41) is 0. The van der Waals surface area contributed by atoms with Crippen molar-refractivity contribution in [3.05, 3.63) is 0 Å². The third-order valence-corrected chi connectivity index (χ3v) is 0.821. The first-order valence-corrected chi connectivity index (χ1v) is 2.10. The molecule has 0 bridgehead atoms. The Morgan fingerprint density at radius 1 is 1.71 bits per heavy atom. The van der Waals surface area contributed by atoms with Crippen LogP contribution in [0.3, 0.4) is 0 Å². The first kappa shape index (κ1) is 10.2. The van der Waals surface area contributed by atoms with Gasteiger partial charge < -0.3 is 11.5 Å². The average molecular weight is 141 g/mol. The van der Waals surface area contributed by atoms with Crippen LogP contribution in [0.4, 0.5) is 0 Å². The Morgan fingerprint density at radius 2 is 1.86 bits per heavy atom. The third kappa shape index (κ3) is 6.14. The van der Waals surface area contributed by atoms with Crippen LogP contribution in [0.1, 0.15) is 6.92 Å². The molecule has 0 heterocycles. The molecule has 2 nitrogen and oxygen atoms in total. The van der Waals surface area contributed by atoms with Crippen LogP contribution in [0.15, 0.2) is 0 Å². The Kier molecular flexibility index (Phi) is 6.26. The number of halogens is 1. The molecule has 0 saturated heterocycles. The van der Waals surface area contributed by atoms with E-state index < -0.39 is 0 Å². The maximum Gasteiger partial charge on any atom is 0.0894 e. The molecule has 0 aromatic rings. The second kappa shape index (κ2) is 4.30. The highest BCUT2D eigenvalue weighted by Crippen LogP contribution is 1.70. The van der Waals surface area contributed by atoms with Crippen molar-refractivity contribution in [2.75, 3.05) is 0 Å². The van der Waals surface area contributed by atoms with E-state index in [2.05, 4.69) is 12.2 Å². The van der Waals surface area contributed by atoms with Crippen LogP contribution in [0.2, 0.25) is 0 Å². The summed E-state index contributed by atoms with van der Waals surface area (Å²) in [6.45, 7) is 1.75. The first-order chi connectivity index (χ1) is 2.64. The van der Waals surface area contributed by atoms with Gasteiger partial charge in [-0.1, -0.05) is 12.2 Å². The van der Waals surface area contributed by atoms with E-state index in [1.807, 2.05) is 0 Å². The molecule has 0 amide bonds. The fraction of sp³-hybridized carbons (Fsp3) is 0.667. The zero-order chi connectivity index (χ0) is 5.15. The van der Waals surface area contributed by atoms with Crippen LogP contribution in [0.5, 0.6) is 0 Å². The summed E-state index contributed by atoms with van der Waals surface area (Å²) >= 11 is 4.47. The quantitative estimate of drug-likeness (QED) is 0.506. The summed E-state index contributed by atoms with van der Waals surface area (Å²) in [5.74, 6) is 0. The fourth-order valence-electron chi connectivity index (χ4n) is 0. The lowest BCUT2D eigenvalue weighted by Crippen LogP contribution is -2.31. The Balaban J connectivity index is 0. The van der Waals surface area contributed by atoms with Crippen LogP contribution in [0.25, 0.3) is 0 Å². The predicted molar refractivity (Wildman–Crippen MR) is 37.7 cm³/mol. The Labute approximate surface area is 54.7 Å². The van der Waals surface area contributed by atoms with Crippen LogP contribution in [-0.2, 0) is 0 Å². The summed E-state index contributed by atoms with van der Waals surface area (Å²) in [4.78, 5) is 0.370. The van der Waals surface area contributed by atoms with E-state index in [4.69, 9.17) is 11.5 Å². The molecule has 4 N–H and O–H groups in total. The van der Waals surface area contributed by atoms with Crippen molar-refractivity contribution < 1.29 is 0 Å². The van der Waals surface area contributed by atoms with Crippen molar-refractivity contribution in [1.82, 2.24) is 0 Å². The highest BCUT2D eigenvalue weighted by molar-refractivity contribution is 7.80. The topological polar surface area (TPSA) is 52.0 Å². The van der Waals surface area contributed by atoms with Gasteiger partial charge in [0.2, 0.25) is 0 Å². The molecule has 7 heavy (non-hydrogen) atoms. The van der Waals surface area contributed by atoms with Crippen LogP contribution in [-0.4, -0.2) is 11.0 Å². The van der Waals surface area contributed by atoms with E-state index in [9.17, 15) is 0 Å². The number of hydrogen-bond donors (Lipinski definition) is 2. The molecule has 0 aromatic heterocycles. The second-order valence-electron chi connectivity index (χ2n) is 1.19. The summed E-state index contributed by atoms with van der Waals surface area (Å²) in [6, 6.07) is -0.139. The molecule has 0 unspecified atom stereocenters. The highest BCUT2D eigenvalue weighted by Gasteiger charge is 1.91. The molecule has 0 saturated carbocycles. The van der Waals surface area contributed by atoms with E-state index in [1.54, 1.807) is 6.92 Å². The van der Waals surface area contributed by atoms with Gasteiger partial charge in [-0.2, -0.15) is 0 Å². The summed E-state index contributed by atoms with van der Waals surface area (Å²) in [7, 11) is 0. The minimum atomic E-state index is -0.139. The molecule has 0 aliphatic carbocycles. The van der Waals surface area contributed by atoms with Gasteiger partial charge in [0, 0.05) is 0 Å². The van der Waals surface area contributed by atoms with Crippen LogP contribution in [0, 0.1) is 0 Å². The van der Waals surface area contributed by atoms with Gasteiger partial charge in [0.1, 0.15) is 0 Å². The van der Waals surface area contributed by atoms with E-state index in [0.717, 1.165) is 0 Å². The van der Waals surface area contributed by atoms with Crippen molar-refractivity contribution in [3.8, 4) is 0 Å². The molecule has 1 atom stereocenters.